The maximum Gasteiger partial charge on any atom is 0.410 e. The number of rotatable bonds is 7. The van der Waals surface area contributed by atoms with Gasteiger partial charge in [0.25, 0.3) is 0 Å². The number of halogens is 3. The van der Waals surface area contributed by atoms with E-state index in [4.69, 9.17) is 40.3 Å². The molecule has 7 heterocycles. The number of anilines is 1. The summed E-state index contributed by atoms with van der Waals surface area (Å²) in [5.41, 5.74) is -0.494. The van der Waals surface area contributed by atoms with E-state index in [0.717, 1.165) is 32.2 Å². The van der Waals surface area contributed by atoms with Crippen LogP contribution in [0.15, 0.2) is 24.3 Å². The number of benzene rings is 2. The highest BCUT2D eigenvalue weighted by Gasteiger charge is 2.53. The van der Waals surface area contributed by atoms with E-state index in [-0.39, 0.29) is 71.9 Å². The molecule has 11 nitrogen and oxygen atoms in total. The van der Waals surface area contributed by atoms with Crippen molar-refractivity contribution in [1.82, 2.24) is 24.8 Å². The molecule has 0 N–H and O–H groups in total. The van der Waals surface area contributed by atoms with E-state index >= 15 is 8.78 Å². The molecule has 0 unspecified atom stereocenters. The Hall–Kier alpha value is -4.87. The van der Waals surface area contributed by atoms with Gasteiger partial charge in [0.2, 0.25) is 0 Å². The topological polar surface area (TPSA) is 102 Å². The first-order valence-electron chi connectivity index (χ1n) is 19.8. The maximum atomic E-state index is 17.7. The Morgan fingerprint density at radius 3 is 2.67 bits per heavy atom. The Morgan fingerprint density at radius 2 is 1.89 bits per heavy atom. The van der Waals surface area contributed by atoms with Gasteiger partial charge in [0.15, 0.2) is 12.6 Å². The zero-order chi connectivity index (χ0) is 40.0. The zero-order valence-electron chi connectivity index (χ0n) is 32.9. The monoisotopic (exact) mass is 784 g/mol. The molecule has 5 aliphatic rings. The van der Waals surface area contributed by atoms with Crippen LogP contribution in [0.2, 0.25) is 0 Å². The fourth-order valence-corrected chi connectivity index (χ4v) is 10.2. The number of terminal acetylenes is 1. The van der Waals surface area contributed by atoms with Gasteiger partial charge in [-0.2, -0.15) is 9.97 Å². The Labute approximate surface area is 329 Å². The molecular weight excluding hydrogens is 738 g/mol. The van der Waals surface area contributed by atoms with Crippen molar-refractivity contribution in [2.75, 3.05) is 45.0 Å². The number of methoxy groups -OCH3 is 1. The van der Waals surface area contributed by atoms with E-state index < -0.39 is 28.9 Å². The minimum absolute atomic E-state index is 0.00462. The van der Waals surface area contributed by atoms with E-state index in [0.29, 0.717) is 59.4 Å². The van der Waals surface area contributed by atoms with Crippen molar-refractivity contribution in [3.8, 4) is 35.4 Å². The molecule has 14 heteroatoms. The van der Waals surface area contributed by atoms with E-state index in [1.807, 2.05) is 32.6 Å². The van der Waals surface area contributed by atoms with Crippen LogP contribution in [0.25, 0.3) is 32.9 Å². The number of carbonyl (C=O) groups is 1. The summed E-state index contributed by atoms with van der Waals surface area (Å²) in [5, 5.41) is 1.28. The van der Waals surface area contributed by atoms with Crippen LogP contribution >= 0.6 is 0 Å². The third kappa shape index (κ3) is 6.29. The van der Waals surface area contributed by atoms with Crippen molar-refractivity contribution < 1.29 is 36.9 Å². The summed E-state index contributed by atoms with van der Waals surface area (Å²) < 4.78 is 71.2. The maximum absolute atomic E-state index is 17.7. The Kier molecular flexibility index (Phi) is 9.19. The molecule has 2 aromatic carbocycles. The molecule has 0 radical (unpaired) electrons. The molecule has 6 atom stereocenters. The molecule has 2 bridgehead atoms. The van der Waals surface area contributed by atoms with Crippen LogP contribution < -0.4 is 14.4 Å². The lowest BCUT2D eigenvalue weighted by Crippen LogP contribution is -2.62. The number of piperazine rings is 1. The quantitative estimate of drug-likeness (QED) is 0.138. The summed E-state index contributed by atoms with van der Waals surface area (Å²) in [6.07, 6.45) is 8.74. The van der Waals surface area contributed by atoms with Gasteiger partial charge in [-0.25, -0.2) is 22.9 Å². The van der Waals surface area contributed by atoms with Gasteiger partial charge in [0.1, 0.15) is 47.0 Å². The third-order valence-electron chi connectivity index (χ3n) is 12.5. The number of aromatic nitrogens is 3. The first kappa shape index (κ1) is 37.7. The van der Waals surface area contributed by atoms with Gasteiger partial charge in [-0.15, -0.1) is 6.42 Å². The molecule has 0 spiro atoms. The van der Waals surface area contributed by atoms with Gasteiger partial charge in [-0.1, -0.05) is 18.9 Å². The molecule has 0 aliphatic carbocycles. The number of fused-ring (bicyclic) bond motifs is 7. The van der Waals surface area contributed by atoms with Crippen molar-refractivity contribution in [1.29, 1.82) is 0 Å². The molecule has 4 saturated heterocycles. The van der Waals surface area contributed by atoms with Crippen molar-refractivity contribution >= 4 is 33.6 Å². The second-order valence-corrected chi connectivity index (χ2v) is 17.3. The van der Waals surface area contributed by atoms with Crippen molar-refractivity contribution in [2.24, 2.45) is 0 Å². The average molecular weight is 785 g/mol. The molecule has 0 saturated carbocycles. The molecule has 300 valence electrons. The van der Waals surface area contributed by atoms with E-state index in [1.54, 1.807) is 18.2 Å². The van der Waals surface area contributed by atoms with Crippen molar-refractivity contribution in [3.05, 3.63) is 47.2 Å². The van der Waals surface area contributed by atoms with E-state index in [9.17, 15) is 9.18 Å². The Morgan fingerprint density at radius 1 is 1.07 bits per heavy atom. The SMILES string of the molecule is C#Cc1c(F)ccc2cc(OCOC)cc(-c3nc4c5c(nc(OC[C@@]67CCCN6C[C@H](F)C7)nc5c3F)N3C[C@H]5CC[C@@H]([C@H]3C[C@H]4C)N5C(=O)OC(C)(C)C)c12. The minimum Gasteiger partial charge on any atom is -0.468 e. The second kappa shape index (κ2) is 13.9. The first-order chi connectivity index (χ1) is 27.3. The lowest BCUT2D eigenvalue weighted by atomic mass is 9.91. The lowest BCUT2D eigenvalue weighted by molar-refractivity contribution is 0.00691. The molecule has 9 rings (SSSR count). The molecule has 2 aromatic heterocycles. The molecule has 57 heavy (non-hydrogen) atoms. The van der Waals surface area contributed by atoms with Gasteiger partial charge >= 0.3 is 12.1 Å². The largest absolute Gasteiger partial charge is 0.468 e. The fourth-order valence-electron chi connectivity index (χ4n) is 10.2. The van der Waals surface area contributed by atoms with Crippen LogP contribution in [-0.4, -0.2) is 106 Å². The van der Waals surface area contributed by atoms with Crippen LogP contribution in [0, 0.1) is 24.0 Å². The smallest absolute Gasteiger partial charge is 0.410 e. The number of amides is 1. The van der Waals surface area contributed by atoms with Crippen LogP contribution in [0.1, 0.15) is 83.4 Å². The fraction of sp³-hybridized carbons (Fsp3) is 0.535. The third-order valence-corrected chi connectivity index (χ3v) is 12.5. The van der Waals surface area contributed by atoms with Gasteiger partial charge in [-0.3, -0.25) is 9.80 Å². The number of nitrogens with zero attached hydrogens (tertiary/aromatic N) is 6. The summed E-state index contributed by atoms with van der Waals surface area (Å²) in [6, 6.07) is 5.53. The van der Waals surface area contributed by atoms with Crippen LogP contribution in [0.3, 0.4) is 0 Å². The normalized spacial score (nSPS) is 26.7. The summed E-state index contributed by atoms with van der Waals surface area (Å²) >= 11 is 0. The summed E-state index contributed by atoms with van der Waals surface area (Å²) in [5.74, 6) is 1.64. The Balaban J connectivity index is 1.23. The molecule has 5 aliphatic heterocycles. The van der Waals surface area contributed by atoms with Gasteiger partial charge in [0, 0.05) is 43.5 Å². The summed E-state index contributed by atoms with van der Waals surface area (Å²) in [4.78, 5) is 34.8. The Bertz CT molecular complexity index is 2330. The highest BCUT2D eigenvalue weighted by Crippen LogP contribution is 2.49. The van der Waals surface area contributed by atoms with E-state index in [1.165, 1.54) is 13.2 Å². The van der Waals surface area contributed by atoms with Gasteiger partial charge < -0.3 is 23.8 Å². The molecule has 4 aromatic rings. The molecule has 4 fully saturated rings. The zero-order valence-corrected chi connectivity index (χ0v) is 32.9. The highest BCUT2D eigenvalue weighted by atomic mass is 19.1. The van der Waals surface area contributed by atoms with Crippen molar-refractivity contribution in [3.63, 3.8) is 0 Å². The number of pyridine rings is 1. The van der Waals surface area contributed by atoms with Crippen LogP contribution in [-0.2, 0) is 9.47 Å². The van der Waals surface area contributed by atoms with Crippen LogP contribution in [0.5, 0.6) is 11.8 Å². The van der Waals surface area contributed by atoms with E-state index in [2.05, 4.69) is 15.7 Å². The predicted octanol–water partition coefficient (Wildman–Crippen LogP) is 7.51. The highest BCUT2D eigenvalue weighted by molar-refractivity contribution is 6.04. The summed E-state index contributed by atoms with van der Waals surface area (Å²) in [7, 11) is 1.49. The van der Waals surface area contributed by atoms with Crippen LogP contribution in [0.4, 0.5) is 23.8 Å². The standard InChI is InChI=1S/C43H47F3N6O5/c1-7-28-30(45)11-9-24-16-27(56-22-54-6)17-29(33(24)28)37-35(46)38-34-36(47-37)23(2)15-32-31-12-10-26(52(31)41(53)57-42(3,4)5)20-51(32)39(34)49-40(48-38)55-21-43-13-8-14-50(43)19-25(44)18-43/h1,9,11,16-17,23,25-26,31-32H,8,10,12-15,18-22H2,2-6H3/t23-,25-,26-,31+,32-,43+/m1/s1. The van der Waals surface area contributed by atoms with Gasteiger partial charge in [0.05, 0.1) is 40.3 Å². The predicted molar refractivity (Wildman–Crippen MR) is 208 cm³/mol. The minimum atomic E-state index is -0.958. The number of hydrogen-bond donors (Lipinski definition) is 0. The second-order valence-electron chi connectivity index (χ2n) is 17.3. The summed E-state index contributed by atoms with van der Waals surface area (Å²) in [6.45, 7) is 9.26. The average Bonchev–Trinajstić information content (AvgIpc) is 3.79. The molecule has 1 amide bonds. The van der Waals surface area contributed by atoms with Crippen molar-refractivity contribution in [2.45, 2.75) is 108 Å². The lowest BCUT2D eigenvalue weighted by Gasteiger charge is -2.47. The number of alkyl halides is 1. The first-order valence-corrected chi connectivity index (χ1v) is 19.8. The number of hydrogen-bond acceptors (Lipinski definition) is 10. The number of carbonyl (C=O) groups excluding carboxylic acids is 1. The van der Waals surface area contributed by atoms with Gasteiger partial charge in [-0.05, 0) is 83.0 Å². The molecular formula is C43H47F3N6O5. The number of ether oxygens (including phenoxy) is 4.